The molecule has 0 radical (unpaired) electrons. The highest BCUT2D eigenvalue weighted by Crippen LogP contribution is 2.31. The van der Waals surface area contributed by atoms with Crippen LogP contribution in [0.15, 0.2) is 47.5 Å². The normalized spacial score (nSPS) is 11.8. The van der Waals surface area contributed by atoms with Gasteiger partial charge in [-0.05, 0) is 24.3 Å². The quantitative estimate of drug-likeness (QED) is 0.726. The van der Waals surface area contributed by atoms with Crippen LogP contribution in [0, 0.1) is 0 Å². The lowest BCUT2D eigenvalue weighted by atomic mass is 10.1. The summed E-state index contributed by atoms with van der Waals surface area (Å²) in [5, 5.41) is 0. The molecular formula is C17H14F3N3O2. The van der Waals surface area contributed by atoms with E-state index in [-0.39, 0.29) is 22.3 Å². The number of ether oxygens (including phenoxy) is 1. The molecule has 0 saturated heterocycles. The van der Waals surface area contributed by atoms with E-state index in [1.54, 1.807) is 12.1 Å². The van der Waals surface area contributed by atoms with Crippen LogP contribution in [0.1, 0.15) is 5.56 Å². The first-order chi connectivity index (χ1) is 11.9. The number of aromatic nitrogens is 3. The molecule has 0 atom stereocenters. The van der Waals surface area contributed by atoms with E-state index in [1.807, 2.05) is 0 Å². The summed E-state index contributed by atoms with van der Waals surface area (Å²) >= 11 is 0. The van der Waals surface area contributed by atoms with Gasteiger partial charge in [0, 0.05) is 12.7 Å². The average Bonchev–Trinajstić information content (AvgIpc) is 2.60. The number of benzene rings is 1. The lowest BCUT2D eigenvalue weighted by Crippen LogP contribution is -2.23. The highest BCUT2D eigenvalue weighted by molar-refractivity contribution is 5.77. The summed E-state index contributed by atoms with van der Waals surface area (Å²) in [6, 6.07) is 7.94. The first-order valence-corrected chi connectivity index (χ1v) is 7.43. The first-order valence-electron chi connectivity index (χ1n) is 7.43. The fourth-order valence-corrected chi connectivity index (χ4v) is 2.40. The van der Waals surface area contributed by atoms with Crippen LogP contribution in [0.3, 0.4) is 0 Å². The van der Waals surface area contributed by atoms with Gasteiger partial charge in [-0.25, -0.2) is 9.97 Å². The molecule has 0 N–H and O–H groups in total. The monoisotopic (exact) mass is 349 g/mol. The number of nitrogens with zero attached hydrogens (tertiary/aromatic N) is 3. The topological polar surface area (TPSA) is 57.0 Å². The second-order valence-corrected chi connectivity index (χ2v) is 5.38. The maximum absolute atomic E-state index is 12.9. The van der Waals surface area contributed by atoms with E-state index < -0.39 is 11.7 Å². The zero-order valence-corrected chi connectivity index (χ0v) is 13.2. The molecule has 0 fully saturated rings. The standard InChI is InChI=1S/C17H14F3N3O2/c1-25-8-7-23-10-21-14-6-5-13(22-15(14)16(23)24)11-3-2-4-12(9-11)17(18,19)20/h2-6,9-10H,7-8H2,1H3. The molecule has 2 heterocycles. The smallest absolute Gasteiger partial charge is 0.383 e. The van der Waals surface area contributed by atoms with Gasteiger partial charge < -0.3 is 4.74 Å². The molecule has 0 amide bonds. The molecule has 0 saturated carbocycles. The van der Waals surface area contributed by atoms with Crippen LogP contribution in [0.4, 0.5) is 13.2 Å². The maximum Gasteiger partial charge on any atom is 0.416 e. The van der Waals surface area contributed by atoms with E-state index in [0.717, 1.165) is 12.1 Å². The van der Waals surface area contributed by atoms with Gasteiger partial charge in [0.25, 0.3) is 5.56 Å². The van der Waals surface area contributed by atoms with Gasteiger partial charge in [0.1, 0.15) is 0 Å². The molecule has 0 bridgehead atoms. The molecule has 2 aromatic heterocycles. The molecule has 3 aromatic rings. The Morgan fingerprint density at radius 2 is 2.00 bits per heavy atom. The van der Waals surface area contributed by atoms with Crippen LogP contribution in [0.25, 0.3) is 22.3 Å². The van der Waals surface area contributed by atoms with E-state index >= 15 is 0 Å². The Morgan fingerprint density at radius 1 is 1.20 bits per heavy atom. The number of alkyl halides is 3. The third-order valence-corrected chi connectivity index (χ3v) is 3.70. The molecule has 0 spiro atoms. The highest BCUT2D eigenvalue weighted by Gasteiger charge is 2.30. The number of hydrogen-bond acceptors (Lipinski definition) is 4. The Balaban J connectivity index is 2.09. The molecule has 130 valence electrons. The van der Waals surface area contributed by atoms with Crippen molar-refractivity contribution >= 4 is 11.0 Å². The third kappa shape index (κ3) is 3.53. The second-order valence-electron chi connectivity index (χ2n) is 5.38. The third-order valence-electron chi connectivity index (χ3n) is 3.70. The maximum atomic E-state index is 12.9. The van der Waals surface area contributed by atoms with Crippen molar-refractivity contribution in [2.45, 2.75) is 12.7 Å². The molecular weight excluding hydrogens is 335 g/mol. The van der Waals surface area contributed by atoms with E-state index in [2.05, 4.69) is 9.97 Å². The molecule has 0 aliphatic carbocycles. The van der Waals surface area contributed by atoms with Crippen molar-refractivity contribution in [3.63, 3.8) is 0 Å². The average molecular weight is 349 g/mol. The zero-order valence-electron chi connectivity index (χ0n) is 13.2. The Labute approximate surface area is 140 Å². The Bertz CT molecular complexity index is 967. The summed E-state index contributed by atoms with van der Waals surface area (Å²) < 4.78 is 44.9. The summed E-state index contributed by atoms with van der Waals surface area (Å²) in [6.07, 6.45) is -3.05. The van der Waals surface area contributed by atoms with E-state index in [0.29, 0.717) is 18.7 Å². The Kier molecular flexibility index (Phi) is 4.54. The van der Waals surface area contributed by atoms with E-state index in [4.69, 9.17) is 4.74 Å². The van der Waals surface area contributed by atoms with Gasteiger partial charge in [0.2, 0.25) is 0 Å². The highest BCUT2D eigenvalue weighted by atomic mass is 19.4. The Morgan fingerprint density at radius 3 is 2.72 bits per heavy atom. The van der Waals surface area contributed by atoms with Gasteiger partial charge in [-0.3, -0.25) is 9.36 Å². The van der Waals surface area contributed by atoms with Crippen molar-refractivity contribution < 1.29 is 17.9 Å². The van der Waals surface area contributed by atoms with Crippen LogP contribution >= 0.6 is 0 Å². The fraction of sp³-hybridized carbons (Fsp3) is 0.235. The second kappa shape index (κ2) is 6.64. The lowest BCUT2D eigenvalue weighted by molar-refractivity contribution is -0.137. The van der Waals surface area contributed by atoms with E-state index in [9.17, 15) is 18.0 Å². The molecule has 25 heavy (non-hydrogen) atoms. The van der Waals surface area contributed by atoms with Crippen LogP contribution < -0.4 is 5.56 Å². The number of rotatable bonds is 4. The minimum atomic E-state index is -4.44. The summed E-state index contributed by atoms with van der Waals surface area (Å²) in [5.74, 6) is 0. The molecule has 0 unspecified atom stereocenters. The molecule has 3 rings (SSSR count). The Hall–Kier alpha value is -2.74. The van der Waals surface area contributed by atoms with Gasteiger partial charge in [-0.2, -0.15) is 13.2 Å². The minimum absolute atomic E-state index is 0.105. The molecule has 5 nitrogen and oxygen atoms in total. The number of hydrogen-bond donors (Lipinski definition) is 0. The van der Waals surface area contributed by atoms with Crippen LogP contribution in [0.2, 0.25) is 0 Å². The zero-order chi connectivity index (χ0) is 18.0. The van der Waals surface area contributed by atoms with Crippen molar-refractivity contribution in [1.29, 1.82) is 0 Å². The van der Waals surface area contributed by atoms with Crippen molar-refractivity contribution in [3.8, 4) is 11.3 Å². The van der Waals surface area contributed by atoms with Gasteiger partial charge in [0.05, 0.1) is 36.3 Å². The van der Waals surface area contributed by atoms with Gasteiger partial charge in [0.15, 0.2) is 5.52 Å². The van der Waals surface area contributed by atoms with Gasteiger partial charge in [-0.1, -0.05) is 12.1 Å². The predicted octanol–water partition coefficient (Wildman–Crippen LogP) is 3.12. The van der Waals surface area contributed by atoms with Crippen molar-refractivity contribution in [2.24, 2.45) is 0 Å². The molecule has 0 aliphatic heterocycles. The van der Waals surface area contributed by atoms with Crippen molar-refractivity contribution in [1.82, 2.24) is 14.5 Å². The molecule has 1 aromatic carbocycles. The molecule has 0 aliphatic rings. The largest absolute Gasteiger partial charge is 0.416 e. The summed E-state index contributed by atoms with van der Waals surface area (Å²) in [4.78, 5) is 20.9. The first kappa shape index (κ1) is 17.1. The summed E-state index contributed by atoms with van der Waals surface area (Å²) in [6.45, 7) is 0.647. The predicted molar refractivity (Wildman–Crippen MR) is 86.1 cm³/mol. The van der Waals surface area contributed by atoms with Crippen LogP contribution in [-0.4, -0.2) is 28.3 Å². The van der Waals surface area contributed by atoms with Crippen molar-refractivity contribution in [2.75, 3.05) is 13.7 Å². The number of methoxy groups -OCH3 is 1. The van der Waals surface area contributed by atoms with Crippen LogP contribution in [-0.2, 0) is 17.5 Å². The summed E-state index contributed by atoms with van der Waals surface area (Å²) in [7, 11) is 1.52. The van der Waals surface area contributed by atoms with Crippen LogP contribution in [0.5, 0.6) is 0 Å². The van der Waals surface area contributed by atoms with E-state index in [1.165, 1.54) is 30.1 Å². The number of pyridine rings is 1. The number of halogens is 3. The summed E-state index contributed by atoms with van der Waals surface area (Å²) in [5.41, 5.74) is -0.0835. The lowest BCUT2D eigenvalue weighted by Gasteiger charge is -2.09. The van der Waals surface area contributed by atoms with Gasteiger partial charge >= 0.3 is 6.18 Å². The number of fused-ring (bicyclic) bond motifs is 1. The van der Waals surface area contributed by atoms with Gasteiger partial charge in [-0.15, -0.1) is 0 Å². The van der Waals surface area contributed by atoms with Crippen molar-refractivity contribution in [3.05, 3.63) is 58.6 Å². The minimum Gasteiger partial charge on any atom is -0.383 e. The SMILES string of the molecule is COCCn1cnc2ccc(-c3cccc(C(F)(F)F)c3)nc2c1=O. The molecule has 8 heteroatoms. The fourth-order valence-electron chi connectivity index (χ4n) is 2.40.